The zero-order valence-corrected chi connectivity index (χ0v) is 10.3. The lowest BCUT2D eigenvalue weighted by Gasteiger charge is -2.09. The maximum absolute atomic E-state index is 12.7. The minimum atomic E-state index is -3.67. The number of benzene rings is 1. The Hall–Kier alpha value is -0.130. The first-order valence-electron chi connectivity index (χ1n) is 3.71. The van der Waals surface area contributed by atoms with Crippen molar-refractivity contribution in [3.63, 3.8) is 0 Å². The van der Waals surface area contributed by atoms with E-state index in [0.29, 0.717) is 10.0 Å². The summed E-state index contributed by atoms with van der Waals surface area (Å²) in [5.41, 5.74) is 0.446. The van der Waals surface area contributed by atoms with Crippen LogP contribution in [0.25, 0.3) is 0 Å². The predicted molar refractivity (Wildman–Crippen MR) is 57.3 cm³/mol. The van der Waals surface area contributed by atoms with Crippen LogP contribution < -0.4 is 0 Å². The molecule has 0 aliphatic rings. The van der Waals surface area contributed by atoms with Gasteiger partial charge in [-0.1, -0.05) is 22.0 Å². The van der Waals surface area contributed by atoms with Gasteiger partial charge in [0.1, 0.15) is 5.82 Å². The van der Waals surface area contributed by atoms with Crippen molar-refractivity contribution in [2.45, 2.75) is 12.2 Å². The molecule has 1 aromatic rings. The van der Waals surface area contributed by atoms with Gasteiger partial charge < -0.3 is 0 Å². The molecule has 0 amide bonds. The van der Waals surface area contributed by atoms with E-state index in [-0.39, 0.29) is 0 Å². The first-order valence-corrected chi connectivity index (χ1v) is 6.87. The fraction of sp³-hybridized carbons (Fsp3) is 0.250. The highest BCUT2D eigenvalue weighted by atomic mass is 79.9. The van der Waals surface area contributed by atoms with E-state index in [2.05, 4.69) is 15.9 Å². The lowest BCUT2D eigenvalue weighted by atomic mass is 10.2. The third-order valence-corrected chi connectivity index (χ3v) is 4.41. The van der Waals surface area contributed by atoms with Gasteiger partial charge in [-0.15, -0.1) is 0 Å². The molecule has 0 fully saturated rings. The molecule has 0 saturated heterocycles. The van der Waals surface area contributed by atoms with Gasteiger partial charge in [0.2, 0.25) is 9.05 Å². The lowest BCUT2D eigenvalue weighted by Crippen LogP contribution is -2.03. The molecule has 6 heteroatoms. The SMILES string of the molecule is CC(c1ccc(F)cc1Br)S(=O)(=O)Cl. The second kappa shape index (κ2) is 4.16. The molecule has 1 rings (SSSR count). The van der Waals surface area contributed by atoms with Gasteiger partial charge >= 0.3 is 0 Å². The van der Waals surface area contributed by atoms with Crippen LogP contribution in [0.3, 0.4) is 0 Å². The Morgan fingerprint density at radius 3 is 2.50 bits per heavy atom. The average molecular weight is 302 g/mol. The number of halogens is 3. The summed E-state index contributed by atoms with van der Waals surface area (Å²) in [4.78, 5) is 0. The fourth-order valence-electron chi connectivity index (χ4n) is 0.983. The Bertz CT molecular complexity index is 447. The van der Waals surface area contributed by atoms with E-state index >= 15 is 0 Å². The van der Waals surface area contributed by atoms with Gasteiger partial charge in [-0.25, -0.2) is 12.8 Å². The quantitative estimate of drug-likeness (QED) is 0.786. The van der Waals surface area contributed by atoms with Gasteiger partial charge in [0, 0.05) is 15.2 Å². The molecule has 0 saturated carbocycles. The van der Waals surface area contributed by atoms with Crippen LogP contribution in [-0.2, 0) is 9.05 Å². The van der Waals surface area contributed by atoms with Crippen molar-refractivity contribution < 1.29 is 12.8 Å². The van der Waals surface area contributed by atoms with Gasteiger partial charge in [0.25, 0.3) is 0 Å². The first kappa shape index (κ1) is 11.9. The van der Waals surface area contributed by atoms with Crippen LogP contribution in [0.1, 0.15) is 17.7 Å². The molecule has 0 heterocycles. The van der Waals surface area contributed by atoms with Crippen molar-refractivity contribution in [2.24, 2.45) is 0 Å². The average Bonchev–Trinajstić information content (AvgIpc) is 2.01. The summed E-state index contributed by atoms with van der Waals surface area (Å²) in [5.74, 6) is -0.431. The van der Waals surface area contributed by atoms with Crippen LogP contribution in [0.5, 0.6) is 0 Å². The maximum Gasteiger partial charge on any atom is 0.239 e. The van der Waals surface area contributed by atoms with Crippen LogP contribution in [0.15, 0.2) is 22.7 Å². The molecule has 14 heavy (non-hydrogen) atoms. The molecule has 0 N–H and O–H groups in total. The topological polar surface area (TPSA) is 34.1 Å². The summed E-state index contributed by atoms with van der Waals surface area (Å²) in [7, 11) is 1.52. The molecule has 0 spiro atoms. The Kier molecular flexibility index (Phi) is 3.55. The zero-order valence-electron chi connectivity index (χ0n) is 7.17. The van der Waals surface area contributed by atoms with Crippen molar-refractivity contribution >= 4 is 35.7 Å². The number of rotatable bonds is 2. The van der Waals surface area contributed by atoms with Gasteiger partial charge in [0.05, 0.1) is 5.25 Å². The zero-order chi connectivity index (χ0) is 10.9. The largest absolute Gasteiger partial charge is 0.239 e. The summed E-state index contributed by atoms with van der Waals surface area (Å²) in [6.45, 7) is 1.44. The van der Waals surface area contributed by atoms with Crippen molar-refractivity contribution in [1.82, 2.24) is 0 Å². The molecule has 0 aromatic heterocycles. The molecule has 1 atom stereocenters. The summed E-state index contributed by atoms with van der Waals surface area (Å²) in [5, 5.41) is -0.862. The van der Waals surface area contributed by atoms with Crippen molar-refractivity contribution in [2.75, 3.05) is 0 Å². The molecule has 78 valence electrons. The summed E-state index contributed by atoms with van der Waals surface area (Å²) in [6, 6.07) is 3.79. The third-order valence-electron chi connectivity index (χ3n) is 1.82. The Morgan fingerprint density at radius 1 is 1.50 bits per heavy atom. The van der Waals surface area contributed by atoms with Crippen LogP contribution >= 0.6 is 26.6 Å². The van der Waals surface area contributed by atoms with E-state index in [1.165, 1.54) is 25.1 Å². The number of hydrogen-bond acceptors (Lipinski definition) is 2. The highest BCUT2D eigenvalue weighted by Gasteiger charge is 2.21. The van der Waals surface area contributed by atoms with Crippen molar-refractivity contribution in [1.29, 1.82) is 0 Å². The Balaban J connectivity index is 3.21. The minimum absolute atomic E-state index is 0.397. The second-order valence-corrected chi connectivity index (χ2v) is 6.59. The van der Waals surface area contributed by atoms with Gasteiger partial charge in [-0.2, -0.15) is 0 Å². The van der Waals surface area contributed by atoms with Crippen LogP contribution in [0.4, 0.5) is 4.39 Å². The standard InChI is InChI=1S/C8H7BrClFO2S/c1-5(14(10,12)13)7-3-2-6(11)4-8(7)9/h2-5H,1H3. The fourth-order valence-corrected chi connectivity index (χ4v) is 2.63. The molecular formula is C8H7BrClFO2S. The van der Waals surface area contributed by atoms with E-state index in [1.807, 2.05) is 0 Å². The van der Waals surface area contributed by atoms with E-state index in [0.717, 1.165) is 0 Å². The van der Waals surface area contributed by atoms with Crippen LogP contribution in [0, 0.1) is 5.82 Å². The van der Waals surface area contributed by atoms with Gasteiger partial charge in [-0.05, 0) is 24.6 Å². The lowest BCUT2D eigenvalue weighted by molar-refractivity contribution is 0.599. The molecule has 1 unspecified atom stereocenters. The molecule has 0 aliphatic carbocycles. The second-order valence-electron chi connectivity index (χ2n) is 2.78. The van der Waals surface area contributed by atoms with E-state index < -0.39 is 20.1 Å². The monoisotopic (exact) mass is 300 g/mol. The summed E-state index contributed by atoms with van der Waals surface area (Å²) in [6.07, 6.45) is 0. The predicted octanol–water partition coefficient (Wildman–Crippen LogP) is 3.22. The Labute approximate surface area is 94.6 Å². The smallest absolute Gasteiger partial charge is 0.212 e. The van der Waals surface area contributed by atoms with E-state index in [1.54, 1.807) is 0 Å². The number of hydrogen-bond donors (Lipinski definition) is 0. The highest BCUT2D eigenvalue weighted by molar-refractivity contribution is 9.10. The molecule has 0 radical (unpaired) electrons. The van der Waals surface area contributed by atoms with Gasteiger partial charge in [-0.3, -0.25) is 0 Å². The Morgan fingerprint density at radius 2 is 2.07 bits per heavy atom. The summed E-state index contributed by atoms with van der Waals surface area (Å²) < 4.78 is 35.1. The van der Waals surface area contributed by atoms with Crippen molar-refractivity contribution in [3.8, 4) is 0 Å². The third kappa shape index (κ3) is 2.68. The summed E-state index contributed by atoms with van der Waals surface area (Å²) >= 11 is 3.08. The molecule has 0 aliphatic heterocycles. The first-order chi connectivity index (χ1) is 6.32. The van der Waals surface area contributed by atoms with Crippen LogP contribution in [-0.4, -0.2) is 8.42 Å². The molecular weight excluding hydrogens is 295 g/mol. The minimum Gasteiger partial charge on any atom is -0.212 e. The highest BCUT2D eigenvalue weighted by Crippen LogP contribution is 2.31. The van der Waals surface area contributed by atoms with E-state index in [4.69, 9.17) is 10.7 Å². The normalized spacial score (nSPS) is 14.0. The van der Waals surface area contributed by atoms with Crippen LogP contribution in [0.2, 0.25) is 0 Å². The van der Waals surface area contributed by atoms with E-state index in [9.17, 15) is 12.8 Å². The van der Waals surface area contributed by atoms with Crippen molar-refractivity contribution in [3.05, 3.63) is 34.1 Å². The molecule has 2 nitrogen and oxygen atoms in total. The molecule has 1 aromatic carbocycles. The maximum atomic E-state index is 12.7. The van der Waals surface area contributed by atoms with Gasteiger partial charge in [0.15, 0.2) is 0 Å². The molecule has 0 bridgehead atoms.